The molecule has 0 bridgehead atoms. The topological polar surface area (TPSA) is 118 Å². The molecule has 1 spiro atoms. The van der Waals surface area contributed by atoms with E-state index >= 15 is 0 Å². The summed E-state index contributed by atoms with van der Waals surface area (Å²) in [5, 5.41) is 29.2. The Hall–Kier alpha value is -4.29. The fourth-order valence-electron chi connectivity index (χ4n) is 6.45. The Kier molecular flexibility index (Phi) is 7.19. The van der Waals surface area contributed by atoms with Crippen LogP contribution in [0.5, 0.6) is 0 Å². The van der Waals surface area contributed by atoms with Gasteiger partial charge >= 0.3 is 0 Å². The van der Waals surface area contributed by atoms with Crippen LogP contribution in [0, 0.1) is 11.3 Å². The van der Waals surface area contributed by atoms with Crippen molar-refractivity contribution in [3.05, 3.63) is 87.6 Å². The average molecular weight is 565 g/mol. The second kappa shape index (κ2) is 10.8. The number of nitrogens with zero attached hydrogens (tertiary/aromatic N) is 6. The highest BCUT2D eigenvalue weighted by Gasteiger charge is 2.46. The van der Waals surface area contributed by atoms with E-state index in [1.807, 2.05) is 57.6 Å². The maximum absolute atomic E-state index is 14.3. The van der Waals surface area contributed by atoms with Crippen LogP contribution in [0.4, 0.5) is 0 Å². The third kappa shape index (κ3) is 5.01. The van der Waals surface area contributed by atoms with Crippen LogP contribution in [0.3, 0.4) is 0 Å². The number of nitriles is 1. The Morgan fingerprint density at radius 1 is 1.17 bits per heavy atom. The summed E-state index contributed by atoms with van der Waals surface area (Å²) in [6, 6.07) is 18.0. The van der Waals surface area contributed by atoms with Gasteiger partial charge in [0.2, 0.25) is 5.78 Å². The molecule has 9 heteroatoms. The lowest BCUT2D eigenvalue weighted by atomic mass is 9.77. The summed E-state index contributed by atoms with van der Waals surface area (Å²) in [6.07, 6.45) is 6.98. The van der Waals surface area contributed by atoms with Gasteiger partial charge in [-0.2, -0.15) is 15.3 Å². The molecule has 0 radical (unpaired) electrons. The zero-order valence-electron chi connectivity index (χ0n) is 24.4. The van der Waals surface area contributed by atoms with Gasteiger partial charge in [0, 0.05) is 24.4 Å². The van der Waals surface area contributed by atoms with E-state index in [4.69, 9.17) is 4.84 Å². The Morgan fingerprint density at radius 2 is 1.93 bits per heavy atom. The minimum absolute atomic E-state index is 0.0497. The normalized spacial score (nSPS) is 20.5. The zero-order valence-corrected chi connectivity index (χ0v) is 24.4. The first-order valence-electron chi connectivity index (χ1n) is 14.8. The predicted molar refractivity (Wildman–Crippen MR) is 160 cm³/mol. The van der Waals surface area contributed by atoms with Crippen LogP contribution in [0.2, 0.25) is 0 Å². The van der Waals surface area contributed by atoms with Crippen molar-refractivity contribution < 1.29 is 9.94 Å². The van der Waals surface area contributed by atoms with E-state index in [9.17, 15) is 15.2 Å². The molecule has 42 heavy (non-hydrogen) atoms. The molecular weight excluding hydrogens is 528 g/mol. The first kappa shape index (κ1) is 27.9. The van der Waals surface area contributed by atoms with E-state index in [2.05, 4.69) is 28.2 Å². The van der Waals surface area contributed by atoms with Crippen molar-refractivity contribution in [3.8, 4) is 17.2 Å². The van der Waals surface area contributed by atoms with E-state index in [1.54, 1.807) is 13.8 Å². The predicted octanol–water partition coefficient (Wildman–Crippen LogP) is 5.37. The molecule has 1 aliphatic heterocycles. The number of fused-ring (bicyclic) bond motifs is 1. The third-order valence-corrected chi connectivity index (χ3v) is 8.76. The SMILES string of the molecule is CCCc1c(Cc2ccc(-c3ccccc3)c(C#N)c2)c(=O)n(C2CCC3(CC2)CC(C(C)(C)O)=NO3)c2ncnn12. The van der Waals surface area contributed by atoms with Gasteiger partial charge in [-0.1, -0.05) is 61.0 Å². The van der Waals surface area contributed by atoms with E-state index in [0.717, 1.165) is 54.5 Å². The molecule has 9 nitrogen and oxygen atoms in total. The van der Waals surface area contributed by atoms with Crippen molar-refractivity contribution in [2.24, 2.45) is 5.16 Å². The molecule has 216 valence electrons. The van der Waals surface area contributed by atoms with Crippen LogP contribution in [0.25, 0.3) is 16.9 Å². The maximum Gasteiger partial charge on any atom is 0.259 e. The van der Waals surface area contributed by atoms with Crippen molar-refractivity contribution in [1.29, 1.82) is 5.26 Å². The quantitative estimate of drug-likeness (QED) is 0.322. The molecule has 0 saturated heterocycles. The van der Waals surface area contributed by atoms with Crippen LogP contribution in [-0.4, -0.2) is 41.2 Å². The Balaban J connectivity index is 1.35. The summed E-state index contributed by atoms with van der Waals surface area (Å²) in [5.74, 6) is 0.561. The fraction of sp³-hybridized carbons (Fsp3) is 0.424. The van der Waals surface area contributed by atoms with Gasteiger partial charge in [0.05, 0.1) is 23.0 Å². The summed E-state index contributed by atoms with van der Waals surface area (Å²) in [6.45, 7) is 5.55. The van der Waals surface area contributed by atoms with Gasteiger partial charge in [-0.25, -0.2) is 4.52 Å². The molecule has 0 unspecified atom stereocenters. The van der Waals surface area contributed by atoms with Gasteiger partial charge in [0.15, 0.2) is 0 Å². The van der Waals surface area contributed by atoms with Gasteiger partial charge < -0.3 is 9.94 Å². The number of aliphatic hydroxyl groups is 1. The van der Waals surface area contributed by atoms with Crippen LogP contribution in [0.1, 0.15) is 87.7 Å². The first-order valence-corrected chi connectivity index (χ1v) is 14.8. The largest absolute Gasteiger partial charge is 0.389 e. The monoisotopic (exact) mass is 564 g/mol. The highest BCUT2D eigenvalue weighted by Crippen LogP contribution is 2.43. The number of hydrogen-bond donors (Lipinski definition) is 1. The Bertz CT molecular complexity index is 1750. The first-order chi connectivity index (χ1) is 20.2. The minimum Gasteiger partial charge on any atom is -0.389 e. The van der Waals surface area contributed by atoms with Crippen molar-refractivity contribution in [1.82, 2.24) is 19.2 Å². The number of oxime groups is 1. The van der Waals surface area contributed by atoms with Gasteiger partial charge in [-0.05, 0) is 68.7 Å². The molecular formula is C33H36N6O3. The molecule has 0 amide bonds. The number of rotatable bonds is 7. The van der Waals surface area contributed by atoms with Crippen LogP contribution in [-0.2, 0) is 17.7 Å². The maximum atomic E-state index is 14.3. The van der Waals surface area contributed by atoms with E-state index in [-0.39, 0.29) is 11.6 Å². The van der Waals surface area contributed by atoms with Gasteiger partial charge in [0.1, 0.15) is 17.5 Å². The zero-order chi connectivity index (χ0) is 29.5. The second-order valence-corrected chi connectivity index (χ2v) is 12.1. The van der Waals surface area contributed by atoms with Crippen LogP contribution in [0.15, 0.2) is 64.8 Å². The molecule has 2 aromatic heterocycles. The van der Waals surface area contributed by atoms with Crippen LogP contribution < -0.4 is 5.56 Å². The van der Waals surface area contributed by atoms with E-state index in [1.165, 1.54) is 6.33 Å². The van der Waals surface area contributed by atoms with Crippen molar-refractivity contribution in [3.63, 3.8) is 0 Å². The van der Waals surface area contributed by atoms with Crippen molar-refractivity contribution >= 4 is 11.5 Å². The van der Waals surface area contributed by atoms with Crippen LogP contribution >= 0.6 is 0 Å². The summed E-state index contributed by atoms with van der Waals surface area (Å²) < 4.78 is 3.65. The fourth-order valence-corrected chi connectivity index (χ4v) is 6.45. The molecule has 4 aromatic rings. The summed E-state index contributed by atoms with van der Waals surface area (Å²) in [4.78, 5) is 24.8. The van der Waals surface area contributed by atoms with Gasteiger partial charge in [0.25, 0.3) is 5.56 Å². The smallest absolute Gasteiger partial charge is 0.259 e. The Morgan fingerprint density at radius 3 is 2.60 bits per heavy atom. The number of aryl methyl sites for hydroxylation is 1. The third-order valence-electron chi connectivity index (χ3n) is 8.76. The lowest BCUT2D eigenvalue weighted by Crippen LogP contribution is -2.41. The minimum atomic E-state index is -1.01. The van der Waals surface area contributed by atoms with E-state index in [0.29, 0.717) is 41.9 Å². The lowest BCUT2D eigenvalue weighted by Gasteiger charge is -2.36. The summed E-state index contributed by atoms with van der Waals surface area (Å²) in [7, 11) is 0. The number of benzene rings is 2. The molecule has 1 saturated carbocycles. The molecule has 6 rings (SSSR count). The molecule has 3 heterocycles. The number of aromatic nitrogens is 4. The summed E-state index contributed by atoms with van der Waals surface area (Å²) >= 11 is 0. The second-order valence-electron chi connectivity index (χ2n) is 12.1. The van der Waals surface area contributed by atoms with E-state index < -0.39 is 11.2 Å². The molecule has 1 N–H and O–H groups in total. The number of hydrogen-bond acceptors (Lipinski definition) is 7. The summed E-state index contributed by atoms with van der Waals surface area (Å²) in [5.41, 5.74) is 4.08. The highest BCUT2D eigenvalue weighted by molar-refractivity contribution is 5.93. The van der Waals surface area contributed by atoms with Gasteiger partial charge in [-0.15, -0.1) is 0 Å². The average Bonchev–Trinajstić information content (AvgIpc) is 3.64. The highest BCUT2D eigenvalue weighted by atomic mass is 16.7. The molecule has 2 aliphatic rings. The molecule has 1 aliphatic carbocycles. The molecule has 0 atom stereocenters. The Labute approximate surface area is 245 Å². The van der Waals surface area contributed by atoms with Crippen molar-refractivity contribution in [2.75, 3.05) is 0 Å². The molecule has 1 fully saturated rings. The van der Waals surface area contributed by atoms with Crippen molar-refractivity contribution in [2.45, 2.75) is 89.4 Å². The lowest BCUT2D eigenvalue weighted by molar-refractivity contribution is -0.0528. The standard InChI is InChI=1S/C33H36N6O3/c1-4-8-28-27(18-22-11-12-26(24(17-22)20-34)23-9-6-5-7-10-23)30(40)38(31-35-21-36-39(28)31)25-13-15-33(16-14-25)19-29(37-42-33)32(2,3)41/h5-7,9-12,17,21,25,41H,4,8,13-16,18-19H2,1-3H3. The molecule has 2 aromatic carbocycles. The van der Waals surface area contributed by atoms with Gasteiger partial charge in [-0.3, -0.25) is 9.36 Å².